The zero-order valence-electron chi connectivity index (χ0n) is 7.11. The van der Waals surface area contributed by atoms with Crippen molar-refractivity contribution in [2.45, 2.75) is 25.8 Å². The van der Waals surface area contributed by atoms with Gasteiger partial charge in [0.25, 0.3) is 0 Å². The molecule has 0 radical (unpaired) electrons. The normalized spacial score (nSPS) is 33.6. The lowest BCUT2D eigenvalue weighted by molar-refractivity contribution is 0.150. The summed E-state index contributed by atoms with van der Waals surface area (Å²) in [5, 5.41) is 3.35. The lowest BCUT2D eigenvalue weighted by atomic mass is 9.86. The molecule has 1 fully saturated rings. The molecule has 1 aliphatic heterocycles. The van der Waals surface area contributed by atoms with Crippen molar-refractivity contribution in [2.24, 2.45) is 5.92 Å². The van der Waals surface area contributed by atoms with Gasteiger partial charge in [0, 0.05) is 12.1 Å². The van der Waals surface area contributed by atoms with E-state index in [2.05, 4.69) is 19.2 Å². The van der Waals surface area contributed by atoms with E-state index < -0.39 is 0 Å². The Labute approximate surface area is 63.0 Å². The van der Waals surface area contributed by atoms with Gasteiger partial charge in [-0.3, -0.25) is 0 Å². The Hall–Kier alpha value is -0.0800. The molecule has 1 rings (SSSR count). The van der Waals surface area contributed by atoms with Crippen LogP contribution in [0.1, 0.15) is 20.3 Å². The first-order chi connectivity index (χ1) is 4.71. The van der Waals surface area contributed by atoms with Gasteiger partial charge in [-0.2, -0.15) is 0 Å². The lowest BCUT2D eigenvalue weighted by Crippen LogP contribution is -2.48. The van der Waals surface area contributed by atoms with Crippen molar-refractivity contribution >= 4 is 0 Å². The zero-order valence-corrected chi connectivity index (χ0v) is 7.11. The van der Waals surface area contributed by atoms with Gasteiger partial charge in [0.2, 0.25) is 0 Å². The van der Waals surface area contributed by atoms with Crippen LogP contribution in [-0.4, -0.2) is 25.8 Å². The lowest BCUT2D eigenvalue weighted by Gasteiger charge is -2.31. The molecule has 1 atom stereocenters. The molecule has 2 nitrogen and oxygen atoms in total. The molecule has 1 saturated heterocycles. The molecule has 0 amide bonds. The fourth-order valence-electron chi connectivity index (χ4n) is 1.52. The highest BCUT2D eigenvalue weighted by molar-refractivity contribution is 4.92. The van der Waals surface area contributed by atoms with E-state index >= 15 is 0 Å². The summed E-state index contributed by atoms with van der Waals surface area (Å²) in [6.07, 6.45) is 1.15. The van der Waals surface area contributed by atoms with E-state index in [9.17, 15) is 0 Å². The van der Waals surface area contributed by atoms with E-state index in [-0.39, 0.29) is 5.54 Å². The number of hydrogen-bond donors (Lipinski definition) is 1. The second kappa shape index (κ2) is 2.89. The monoisotopic (exact) mass is 143 g/mol. The van der Waals surface area contributed by atoms with Crippen LogP contribution in [0.5, 0.6) is 0 Å². The maximum atomic E-state index is 5.35. The summed E-state index contributed by atoms with van der Waals surface area (Å²) in [4.78, 5) is 0. The van der Waals surface area contributed by atoms with Gasteiger partial charge in [0.05, 0.1) is 6.61 Å². The summed E-state index contributed by atoms with van der Waals surface area (Å²) in [6, 6.07) is 0. The Morgan fingerprint density at radius 1 is 1.50 bits per heavy atom. The van der Waals surface area contributed by atoms with Crippen LogP contribution in [0.4, 0.5) is 0 Å². The van der Waals surface area contributed by atoms with Crippen molar-refractivity contribution in [1.82, 2.24) is 5.32 Å². The molecule has 0 aliphatic carbocycles. The van der Waals surface area contributed by atoms with E-state index in [1.54, 1.807) is 0 Å². The van der Waals surface area contributed by atoms with Crippen LogP contribution in [0.25, 0.3) is 0 Å². The van der Waals surface area contributed by atoms with Gasteiger partial charge in [-0.1, -0.05) is 13.8 Å². The van der Waals surface area contributed by atoms with Crippen LogP contribution >= 0.6 is 0 Å². The van der Waals surface area contributed by atoms with Crippen molar-refractivity contribution in [3.05, 3.63) is 0 Å². The summed E-state index contributed by atoms with van der Waals surface area (Å²) >= 11 is 0. The van der Waals surface area contributed by atoms with Gasteiger partial charge in [0.1, 0.15) is 0 Å². The number of hydrogen-bond acceptors (Lipinski definition) is 2. The van der Waals surface area contributed by atoms with Crippen LogP contribution < -0.4 is 5.32 Å². The minimum atomic E-state index is 0.264. The largest absolute Gasteiger partial charge is 0.379 e. The summed E-state index contributed by atoms with van der Waals surface area (Å²) in [5.41, 5.74) is 0.264. The van der Waals surface area contributed by atoms with Gasteiger partial charge in [-0.25, -0.2) is 0 Å². The summed E-state index contributed by atoms with van der Waals surface area (Å²) in [5.74, 6) is 0.667. The van der Waals surface area contributed by atoms with Gasteiger partial charge in [0.15, 0.2) is 0 Å². The molecule has 0 aromatic heterocycles. The molecule has 10 heavy (non-hydrogen) atoms. The first-order valence-electron chi connectivity index (χ1n) is 3.98. The van der Waals surface area contributed by atoms with Crippen LogP contribution in [0.15, 0.2) is 0 Å². The first kappa shape index (κ1) is 8.02. The number of ether oxygens (including phenoxy) is 1. The molecule has 0 bridgehead atoms. The number of likely N-dealkylation sites (N-methyl/N-ethyl adjacent to an activating group) is 1. The topological polar surface area (TPSA) is 21.3 Å². The maximum Gasteiger partial charge on any atom is 0.0651 e. The van der Waals surface area contributed by atoms with Gasteiger partial charge < -0.3 is 10.1 Å². The highest BCUT2D eigenvalue weighted by Gasteiger charge is 2.35. The van der Waals surface area contributed by atoms with Crippen LogP contribution in [0.3, 0.4) is 0 Å². The van der Waals surface area contributed by atoms with Crippen LogP contribution in [-0.2, 0) is 4.74 Å². The van der Waals surface area contributed by atoms with Crippen molar-refractivity contribution in [3.63, 3.8) is 0 Å². The molecule has 0 spiro atoms. The molecule has 0 saturated carbocycles. The Balaban J connectivity index is 2.58. The Morgan fingerprint density at radius 2 is 2.20 bits per heavy atom. The van der Waals surface area contributed by atoms with Crippen molar-refractivity contribution in [3.8, 4) is 0 Å². The van der Waals surface area contributed by atoms with Gasteiger partial charge in [-0.05, 0) is 19.4 Å². The minimum Gasteiger partial charge on any atom is -0.379 e. The summed E-state index contributed by atoms with van der Waals surface area (Å²) in [6.45, 7) is 6.27. The van der Waals surface area contributed by atoms with Crippen LogP contribution in [0, 0.1) is 5.92 Å². The number of nitrogens with one attached hydrogen (secondary N) is 1. The minimum absolute atomic E-state index is 0.264. The van der Waals surface area contributed by atoms with E-state index in [1.165, 1.54) is 0 Å². The Kier molecular flexibility index (Phi) is 2.32. The quantitative estimate of drug-likeness (QED) is 0.623. The molecule has 60 valence electrons. The standard InChI is InChI=1S/C8H17NO/c1-7(2)8(9-3)4-5-10-6-8/h7,9H,4-6H2,1-3H3/t8-/m0/s1. The third kappa shape index (κ3) is 1.18. The maximum absolute atomic E-state index is 5.35. The van der Waals surface area contributed by atoms with E-state index in [1.807, 2.05) is 7.05 Å². The van der Waals surface area contributed by atoms with Crippen molar-refractivity contribution < 1.29 is 4.74 Å². The molecule has 1 N–H and O–H groups in total. The van der Waals surface area contributed by atoms with Gasteiger partial charge >= 0.3 is 0 Å². The molecule has 2 heteroatoms. The molecular formula is C8H17NO. The van der Waals surface area contributed by atoms with Gasteiger partial charge in [-0.15, -0.1) is 0 Å². The first-order valence-corrected chi connectivity index (χ1v) is 3.98. The fraction of sp³-hybridized carbons (Fsp3) is 1.00. The molecule has 1 aliphatic rings. The molecule has 0 unspecified atom stereocenters. The summed E-state index contributed by atoms with van der Waals surface area (Å²) in [7, 11) is 2.02. The molecule has 0 aromatic carbocycles. The third-order valence-electron chi connectivity index (χ3n) is 2.66. The predicted molar refractivity (Wildman–Crippen MR) is 42.1 cm³/mol. The second-order valence-corrected chi connectivity index (χ2v) is 3.36. The second-order valence-electron chi connectivity index (χ2n) is 3.36. The average Bonchev–Trinajstić information content (AvgIpc) is 2.35. The van der Waals surface area contributed by atoms with Crippen LogP contribution in [0.2, 0.25) is 0 Å². The highest BCUT2D eigenvalue weighted by atomic mass is 16.5. The predicted octanol–water partition coefficient (Wildman–Crippen LogP) is 1.02. The number of rotatable bonds is 2. The zero-order chi connectivity index (χ0) is 7.61. The molecule has 0 aromatic rings. The van der Waals surface area contributed by atoms with Crippen molar-refractivity contribution in [2.75, 3.05) is 20.3 Å². The highest BCUT2D eigenvalue weighted by Crippen LogP contribution is 2.26. The van der Waals surface area contributed by atoms with Crippen molar-refractivity contribution in [1.29, 1.82) is 0 Å². The van der Waals surface area contributed by atoms with E-state index in [0.717, 1.165) is 19.6 Å². The molecule has 1 heterocycles. The Morgan fingerprint density at radius 3 is 2.40 bits per heavy atom. The van der Waals surface area contributed by atoms with E-state index in [0.29, 0.717) is 5.92 Å². The summed E-state index contributed by atoms with van der Waals surface area (Å²) < 4.78 is 5.35. The van der Waals surface area contributed by atoms with E-state index in [4.69, 9.17) is 4.74 Å². The molecular weight excluding hydrogens is 126 g/mol. The average molecular weight is 143 g/mol. The third-order valence-corrected chi connectivity index (χ3v) is 2.66. The SMILES string of the molecule is CN[C@@]1(C(C)C)CCOC1. The fourth-order valence-corrected chi connectivity index (χ4v) is 1.52. The Bertz CT molecular complexity index is 106. The smallest absolute Gasteiger partial charge is 0.0651 e.